The van der Waals surface area contributed by atoms with E-state index in [0.717, 1.165) is 10.9 Å². The molecule has 1 aromatic heterocycles. The van der Waals surface area contributed by atoms with Crippen LogP contribution in [0, 0.1) is 0 Å². The zero-order valence-corrected chi connectivity index (χ0v) is 29.9. The molecule has 55 heavy (non-hydrogen) atoms. The highest BCUT2D eigenvalue weighted by Gasteiger charge is 2.40. The highest BCUT2D eigenvalue weighted by molar-refractivity contribution is 5.98. The maximum atomic E-state index is 14.2. The van der Waals surface area contributed by atoms with Gasteiger partial charge < -0.3 is 63.0 Å². The van der Waals surface area contributed by atoms with Crippen molar-refractivity contribution < 1.29 is 54.0 Å². The predicted molar refractivity (Wildman–Crippen MR) is 194 cm³/mol. The Morgan fingerprint density at radius 2 is 1.53 bits per heavy atom. The predicted octanol–water partition coefficient (Wildman–Crippen LogP) is -2.75. The van der Waals surface area contributed by atoms with Crippen LogP contribution in [-0.4, -0.2) is 127 Å². The molecule has 0 radical (unpaired) electrons. The SMILES string of the molecule is C[C@@H](O)[C@H](NC(=O)[C@@H]1CCCN1C(=O)[C@H](Cc1c[nH]c2ccccc12)NC(=O)[C@H](CC(N)=O)NC(=O)[C@H](CO)NC(=O)[C@@H](N)Cc1ccc(O)cc1)C(=O)O. The number of benzene rings is 2. The van der Waals surface area contributed by atoms with Crippen LogP contribution < -0.4 is 32.7 Å². The van der Waals surface area contributed by atoms with Gasteiger partial charge in [0.2, 0.25) is 35.4 Å². The molecular formula is C36H46N8O11. The summed E-state index contributed by atoms with van der Waals surface area (Å²) >= 11 is 0. The highest BCUT2D eigenvalue weighted by atomic mass is 16.4. The molecule has 0 aliphatic carbocycles. The van der Waals surface area contributed by atoms with E-state index in [1.165, 1.54) is 24.0 Å². The van der Waals surface area contributed by atoms with Crippen molar-refractivity contribution in [1.29, 1.82) is 0 Å². The zero-order chi connectivity index (χ0) is 40.4. The number of likely N-dealkylation sites (tertiary alicyclic amines) is 1. The van der Waals surface area contributed by atoms with E-state index in [1.54, 1.807) is 42.6 Å². The molecule has 296 valence electrons. The molecule has 0 spiro atoms. The van der Waals surface area contributed by atoms with E-state index >= 15 is 0 Å². The second-order valence-electron chi connectivity index (χ2n) is 13.3. The number of aromatic hydroxyl groups is 1. The van der Waals surface area contributed by atoms with Crippen molar-refractivity contribution in [2.45, 2.75) is 81.4 Å². The first-order chi connectivity index (χ1) is 26.1. The van der Waals surface area contributed by atoms with Gasteiger partial charge >= 0.3 is 5.97 Å². The van der Waals surface area contributed by atoms with E-state index in [1.807, 2.05) is 0 Å². The number of hydrogen-bond donors (Lipinski definition) is 11. The molecule has 13 N–H and O–H groups in total. The summed E-state index contributed by atoms with van der Waals surface area (Å²) in [5.74, 6) is -6.96. The Bertz CT molecular complexity index is 1880. The lowest BCUT2D eigenvalue weighted by Gasteiger charge is -2.30. The number of H-pyrrole nitrogens is 1. The summed E-state index contributed by atoms with van der Waals surface area (Å²) in [6.07, 6.45) is -0.153. The number of nitrogens with zero attached hydrogens (tertiary/aromatic N) is 1. The summed E-state index contributed by atoms with van der Waals surface area (Å²) in [7, 11) is 0. The zero-order valence-electron chi connectivity index (χ0n) is 29.9. The number of fused-ring (bicyclic) bond motifs is 1. The smallest absolute Gasteiger partial charge is 0.328 e. The Kier molecular flexibility index (Phi) is 14.3. The second-order valence-corrected chi connectivity index (χ2v) is 13.3. The minimum atomic E-state index is -1.69. The summed E-state index contributed by atoms with van der Waals surface area (Å²) in [6.45, 7) is 0.333. The third kappa shape index (κ3) is 11.0. The Balaban J connectivity index is 1.54. The largest absolute Gasteiger partial charge is 0.508 e. The average Bonchev–Trinajstić information content (AvgIpc) is 3.80. The number of carboxylic acids is 1. The van der Waals surface area contributed by atoms with Crippen molar-refractivity contribution in [3.63, 3.8) is 0 Å². The van der Waals surface area contributed by atoms with Crippen molar-refractivity contribution in [2.24, 2.45) is 11.5 Å². The number of amides is 6. The van der Waals surface area contributed by atoms with E-state index in [9.17, 15) is 54.0 Å². The molecule has 19 nitrogen and oxygen atoms in total. The molecule has 7 atom stereocenters. The van der Waals surface area contributed by atoms with Gasteiger partial charge in [-0.3, -0.25) is 28.8 Å². The molecule has 3 aromatic rings. The molecular weight excluding hydrogens is 720 g/mol. The Hall–Kier alpha value is -6.05. The van der Waals surface area contributed by atoms with Gasteiger partial charge in [-0.25, -0.2) is 4.79 Å². The quantitative estimate of drug-likeness (QED) is 0.0628. The van der Waals surface area contributed by atoms with Crippen LogP contribution in [0.25, 0.3) is 10.9 Å². The van der Waals surface area contributed by atoms with Crippen molar-refractivity contribution in [3.05, 3.63) is 65.9 Å². The number of phenolic OH excluding ortho intramolecular Hbond substituents is 1. The molecule has 1 aliphatic heterocycles. The minimum Gasteiger partial charge on any atom is -0.508 e. The highest BCUT2D eigenvalue weighted by Crippen LogP contribution is 2.23. The van der Waals surface area contributed by atoms with Crippen molar-refractivity contribution in [2.75, 3.05) is 13.2 Å². The summed E-state index contributed by atoms with van der Waals surface area (Å²) < 4.78 is 0. The lowest BCUT2D eigenvalue weighted by molar-refractivity contribution is -0.147. The number of rotatable bonds is 18. The number of aliphatic hydroxyl groups is 2. The van der Waals surface area contributed by atoms with E-state index in [0.29, 0.717) is 17.5 Å². The number of primary amides is 1. The number of para-hydroxylation sites is 1. The number of aliphatic carboxylic acids is 1. The van der Waals surface area contributed by atoms with Gasteiger partial charge in [-0.05, 0) is 55.5 Å². The average molecular weight is 767 g/mol. The molecule has 2 aromatic carbocycles. The molecule has 0 bridgehead atoms. The van der Waals surface area contributed by atoms with Crippen LogP contribution >= 0.6 is 0 Å². The van der Waals surface area contributed by atoms with Crippen LogP contribution in [0.1, 0.15) is 37.3 Å². The number of aliphatic hydroxyl groups excluding tert-OH is 2. The molecule has 4 rings (SSSR count). The molecule has 2 heterocycles. The Labute approximate surface area is 314 Å². The fourth-order valence-corrected chi connectivity index (χ4v) is 6.27. The third-order valence-corrected chi connectivity index (χ3v) is 9.18. The van der Waals surface area contributed by atoms with Crippen LogP contribution in [0.3, 0.4) is 0 Å². The van der Waals surface area contributed by atoms with Crippen LogP contribution in [0.15, 0.2) is 54.7 Å². The van der Waals surface area contributed by atoms with Gasteiger partial charge in [-0.2, -0.15) is 0 Å². The van der Waals surface area contributed by atoms with Crippen molar-refractivity contribution in [1.82, 2.24) is 31.2 Å². The van der Waals surface area contributed by atoms with Gasteiger partial charge in [-0.15, -0.1) is 0 Å². The van der Waals surface area contributed by atoms with Gasteiger partial charge in [0, 0.05) is 30.1 Å². The van der Waals surface area contributed by atoms with E-state index in [2.05, 4.69) is 26.3 Å². The molecule has 19 heteroatoms. The number of aromatic amines is 1. The monoisotopic (exact) mass is 766 g/mol. The number of carbonyl (C=O) groups excluding carboxylic acids is 6. The fourth-order valence-electron chi connectivity index (χ4n) is 6.27. The van der Waals surface area contributed by atoms with Gasteiger partial charge in [-0.1, -0.05) is 30.3 Å². The van der Waals surface area contributed by atoms with E-state index in [-0.39, 0.29) is 31.6 Å². The number of aromatic nitrogens is 1. The molecule has 0 unspecified atom stereocenters. The van der Waals surface area contributed by atoms with Crippen LogP contribution in [0.2, 0.25) is 0 Å². The summed E-state index contributed by atoms with van der Waals surface area (Å²) in [5, 5.41) is 49.0. The second kappa shape index (κ2) is 18.8. The molecule has 1 saturated heterocycles. The number of phenols is 1. The number of carboxylic acid groups (broad SMARTS) is 1. The van der Waals surface area contributed by atoms with Gasteiger partial charge in [0.25, 0.3) is 0 Å². The number of hydrogen-bond acceptors (Lipinski definition) is 11. The first-order valence-corrected chi connectivity index (χ1v) is 17.5. The molecule has 0 saturated carbocycles. The van der Waals surface area contributed by atoms with E-state index < -0.39 is 96.8 Å². The summed E-state index contributed by atoms with van der Waals surface area (Å²) in [5.41, 5.74) is 13.3. The third-order valence-electron chi connectivity index (χ3n) is 9.18. The number of nitrogens with one attached hydrogen (secondary N) is 5. The van der Waals surface area contributed by atoms with Crippen LogP contribution in [-0.2, 0) is 46.4 Å². The first-order valence-electron chi connectivity index (χ1n) is 17.5. The normalized spacial score (nSPS) is 17.2. The van der Waals surface area contributed by atoms with Crippen LogP contribution in [0.5, 0.6) is 5.75 Å². The molecule has 1 aliphatic rings. The molecule has 6 amide bonds. The van der Waals surface area contributed by atoms with Crippen molar-refractivity contribution >= 4 is 52.3 Å². The molecule has 1 fully saturated rings. The van der Waals surface area contributed by atoms with Gasteiger partial charge in [0.15, 0.2) is 6.04 Å². The van der Waals surface area contributed by atoms with Gasteiger partial charge in [0.1, 0.15) is 29.9 Å². The minimum absolute atomic E-state index is 0.00856. The standard InChI is InChI=1S/C36H46N8O11/c1-18(46)30(36(54)55)43-34(52)28-7-4-12-44(28)35(53)26(14-20-16-39-24-6-3-2-5-22(20)24)41-32(50)25(15-29(38)48)40-33(51)27(17-45)42-31(49)23(37)13-19-8-10-21(47)11-9-19/h2-3,5-6,8-11,16,18,23,25-28,30,39,45-47H,4,7,12-15,17,37H2,1H3,(H2,38,48)(H,40,51)(H,41,50)(H,42,49)(H,43,52)(H,54,55)/t18-,23+,25+,26+,27+,28+,30+/m1/s1. The maximum Gasteiger partial charge on any atom is 0.328 e. The fraction of sp³-hybridized carbons (Fsp3) is 0.417. The lowest BCUT2D eigenvalue weighted by Crippen LogP contribution is -2.60. The van der Waals surface area contributed by atoms with Crippen molar-refractivity contribution in [3.8, 4) is 5.75 Å². The topological polar surface area (TPSA) is 320 Å². The summed E-state index contributed by atoms with van der Waals surface area (Å²) in [6, 6.07) is 4.37. The Morgan fingerprint density at radius 3 is 2.16 bits per heavy atom. The van der Waals surface area contributed by atoms with Gasteiger partial charge in [0.05, 0.1) is 25.2 Å². The van der Waals surface area contributed by atoms with Crippen LogP contribution in [0.4, 0.5) is 0 Å². The van der Waals surface area contributed by atoms with E-state index in [4.69, 9.17) is 11.5 Å². The summed E-state index contributed by atoms with van der Waals surface area (Å²) in [4.78, 5) is 95.4. The number of carbonyl (C=O) groups is 7. The lowest BCUT2D eigenvalue weighted by atomic mass is 10.0. The first kappa shape index (κ1) is 41.7. The number of nitrogens with two attached hydrogens (primary N) is 2. The maximum absolute atomic E-state index is 14.2. The Morgan fingerprint density at radius 1 is 0.891 bits per heavy atom.